The summed E-state index contributed by atoms with van der Waals surface area (Å²) < 4.78 is 7.40. The number of pyridine rings is 2. The van der Waals surface area contributed by atoms with Crippen molar-refractivity contribution in [3.63, 3.8) is 0 Å². The Kier molecular flexibility index (Phi) is 9.77. The third-order valence-electron chi connectivity index (χ3n) is 8.93. The van der Waals surface area contributed by atoms with Crippen LogP contribution in [0, 0.1) is 0 Å². The number of hydrogen-bond acceptors (Lipinski definition) is 8. The van der Waals surface area contributed by atoms with Gasteiger partial charge >= 0.3 is 0 Å². The Morgan fingerprint density at radius 3 is 2.08 bits per heavy atom. The van der Waals surface area contributed by atoms with E-state index >= 15 is 0 Å². The molecular weight excluding hydrogens is 663 g/mol. The second-order valence-corrected chi connectivity index (χ2v) is 13.1. The van der Waals surface area contributed by atoms with Crippen LogP contribution >= 0.6 is 23.2 Å². The summed E-state index contributed by atoms with van der Waals surface area (Å²) in [6, 6.07) is 19.7. The Bertz CT molecular complexity index is 2030. The molecule has 2 aliphatic rings. The molecule has 2 aromatic carbocycles. The topological polar surface area (TPSA) is 135 Å². The van der Waals surface area contributed by atoms with Crippen LogP contribution in [0.15, 0.2) is 66.9 Å². The Hall–Kier alpha value is -4.55. The minimum absolute atomic E-state index is 0.0987. The molecule has 0 saturated carbocycles. The van der Waals surface area contributed by atoms with Gasteiger partial charge in [-0.25, -0.2) is 14.5 Å². The van der Waals surface area contributed by atoms with Crippen LogP contribution in [0.5, 0.6) is 5.88 Å². The van der Waals surface area contributed by atoms with Crippen LogP contribution in [-0.4, -0.2) is 63.7 Å². The van der Waals surface area contributed by atoms with E-state index in [-0.39, 0.29) is 23.9 Å². The highest BCUT2D eigenvalue weighted by molar-refractivity contribution is 6.39. The molecule has 11 nitrogen and oxygen atoms in total. The first-order chi connectivity index (χ1) is 23.9. The van der Waals surface area contributed by atoms with Gasteiger partial charge in [-0.15, -0.1) is 5.10 Å². The van der Waals surface area contributed by atoms with Crippen LogP contribution in [0.3, 0.4) is 0 Å². The maximum Gasteiger partial charge on any atom is 0.220 e. The summed E-state index contributed by atoms with van der Waals surface area (Å²) in [7, 11) is 1.60. The molecule has 0 radical (unpaired) electrons. The fourth-order valence-electron chi connectivity index (χ4n) is 6.36. The SMILES string of the molecule is COc1nc(-c2cccc(-c3cccc(-c4nc5ccc(CNC[C@@H]6CCC(=O)N6)cn5n4)c3Cl)c2Cl)ccc1CNC[C@@H]1CCC(=O)N1. The lowest BCUT2D eigenvalue weighted by molar-refractivity contribution is -0.120. The first kappa shape index (κ1) is 33.0. The molecule has 3 aromatic heterocycles. The summed E-state index contributed by atoms with van der Waals surface area (Å²) in [6.45, 7) is 2.59. The summed E-state index contributed by atoms with van der Waals surface area (Å²) in [5, 5.41) is 18.5. The highest BCUT2D eigenvalue weighted by Gasteiger charge is 2.22. The van der Waals surface area contributed by atoms with Crippen molar-refractivity contribution in [1.82, 2.24) is 40.8 Å². The van der Waals surface area contributed by atoms with E-state index in [9.17, 15) is 9.59 Å². The third-order valence-corrected chi connectivity index (χ3v) is 9.74. The van der Waals surface area contributed by atoms with Gasteiger partial charge in [-0.2, -0.15) is 0 Å². The molecule has 2 amide bonds. The average molecular weight is 700 g/mol. The summed E-state index contributed by atoms with van der Waals surface area (Å²) in [6.07, 6.45) is 4.80. The minimum Gasteiger partial charge on any atom is -0.481 e. The van der Waals surface area contributed by atoms with E-state index in [4.69, 9.17) is 43.0 Å². The molecule has 4 N–H and O–H groups in total. The standard InChI is InChI=1S/C36H36Cl2N8O3/c1-49-36-22(17-40-19-24-11-15-32(48)42-24)9-12-29(43-36)27-6-2-4-25(33(27)37)26-5-3-7-28(34(26)38)35-44-30-13-8-21(20-46(30)45-35)16-39-18-23-10-14-31(47)41-23/h2-9,12-13,20,23-24,39-40H,10-11,14-19H2,1H3,(H,41,47)(H,42,48)/t23-,24-/m0/s1. The third kappa shape index (κ3) is 7.25. The van der Waals surface area contributed by atoms with Gasteiger partial charge in [0.05, 0.1) is 22.8 Å². The van der Waals surface area contributed by atoms with E-state index in [1.165, 1.54) is 0 Å². The van der Waals surface area contributed by atoms with Crippen molar-refractivity contribution >= 4 is 40.7 Å². The summed E-state index contributed by atoms with van der Waals surface area (Å²) in [4.78, 5) is 32.5. The number of ether oxygens (including phenoxy) is 1. The highest BCUT2D eigenvalue weighted by atomic mass is 35.5. The first-order valence-corrected chi connectivity index (χ1v) is 17.1. The molecule has 252 valence electrons. The molecule has 7 rings (SSSR count). The van der Waals surface area contributed by atoms with E-state index in [0.717, 1.165) is 40.7 Å². The van der Waals surface area contributed by atoms with Crippen LogP contribution < -0.4 is 26.0 Å². The number of amides is 2. The zero-order chi connectivity index (χ0) is 33.9. The number of aromatic nitrogens is 4. The van der Waals surface area contributed by atoms with Crippen LogP contribution in [-0.2, 0) is 22.7 Å². The Morgan fingerprint density at radius 2 is 1.43 bits per heavy atom. The minimum atomic E-state index is 0.0987. The Morgan fingerprint density at radius 1 is 0.796 bits per heavy atom. The zero-order valence-electron chi connectivity index (χ0n) is 26.9. The summed E-state index contributed by atoms with van der Waals surface area (Å²) in [5.41, 5.74) is 6.26. The molecule has 0 aliphatic carbocycles. The number of benzene rings is 2. The van der Waals surface area contributed by atoms with Crippen molar-refractivity contribution in [1.29, 1.82) is 0 Å². The molecule has 0 bridgehead atoms. The van der Waals surface area contributed by atoms with Gasteiger partial charge in [0.15, 0.2) is 11.5 Å². The lowest BCUT2D eigenvalue weighted by Gasteiger charge is -2.15. The molecule has 49 heavy (non-hydrogen) atoms. The van der Waals surface area contributed by atoms with Crippen LogP contribution in [0.2, 0.25) is 10.0 Å². The van der Waals surface area contributed by atoms with Gasteiger partial charge in [-0.3, -0.25) is 9.59 Å². The van der Waals surface area contributed by atoms with Crippen LogP contribution in [0.4, 0.5) is 0 Å². The maximum atomic E-state index is 11.5. The largest absolute Gasteiger partial charge is 0.481 e. The maximum absolute atomic E-state index is 11.5. The number of fused-ring (bicyclic) bond motifs is 1. The van der Waals surface area contributed by atoms with Crippen molar-refractivity contribution in [2.24, 2.45) is 0 Å². The number of methoxy groups -OCH3 is 1. The van der Waals surface area contributed by atoms with E-state index in [2.05, 4.69) is 21.3 Å². The van der Waals surface area contributed by atoms with E-state index in [1.807, 2.05) is 66.9 Å². The quantitative estimate of drug-likeness (QED) is 0.140. The van der Waals surface area contributed by atoms with Crippen LogP contribution in [0.1, 0.15) is 36.8 Å². The number of carbonyl (C=O) groups excluding carboxylic acids is 2. The monoisotopic (exact) mass is 698 g/mol. The second-order valence-electron chi connectivity index (χ2n) is 12.3. The molecular formula is C36H36Cl2N8O3. The Balaban J connectivity index is 1.09. The van der Waals surface area contributed by atoms with Gasteiger partial charge in [0, 0.05) is 85.1 Å². The average Bonchev–Trinajstić information content (AvgIpc) is 3.84. The molecule has 2 atom stereocenters. The van der Waals surface area contributed by atoms with Gasteiger partial charge in [-0.05, 0) is 36.6 Å². The van der Waals surface area contributed by atoms with Gasteiger partial charge in [0.2, 0.25) is 17.7 Å². The van der Waals surface area contributed by atoms with E-state index in [1.54, 1.807) is 11.6 Å². The number of carbonyl (C=O) groups is 2. The fourth-order valence-corrected chi connectivity index (χ4v) is 6.99. The molecule has 5 heterocycles. The number of rotatable bonds is 12. The Labute approximate surface area is 293 Å². The van der Waals surface area contributed by atoms with Crippen LogP contribution in [0.25, 0.3) is 39.4 Å². The lowest BCUT2D eigenvalue weighted by Crippen LogP contribution is -2.35. The number of hydrogen-bond donors (Lipinski definition) is 4. The van der Waals surface area contributed by atoms with E-state index < -0.39 is 0 Å². The van der Waals surface area contributed by atoms with Gasteiger partial charge in [0.1, 0.15) is 0 Å². The smallest absolute Gasteiger partial charge is 0.220 e. The molecule has 13 heteroatoms. The molecule has 2 fully saturated rings. The fraction of sp³-hybridized carbons (Fsp3) is 0.306. The highest BCUT2D eigenvalue weighted by Crippen LogP contribution is 2.42. The van der Waals surface area contributed by atoms with Crippen molar-refractivity contribution in [3.05, 3.63) is 88.0 Å². The van der Waals surface area contributed by atoms with Crippen molar-refractivity contribution in [2.45, 2.75) is 50.9 Å². The van der Waals surface area contributed by atoms with Gasteiger partial charge in [0.25, 0.3) is 0 Å². The van der Waals surface area contributed by atoms with Crippen molar-refractivity contribution in [2.75, 3.05) is 20.2 Å². The molecule has 0 spiro atoms. The normalized spacial score (nSPS) is 17.4. The molecule has 2 saturated heterocycles. The summed E-state index contributed by atoms with van der Waals surface area (Å²) >= 11 is 14.1. The van der Waals surface area contributed by atoms with Crippen molar-refractivity contribution < 1.29 is 14.3 Å². The predicted octanol–water partition coefficient (Wildman–Crippen LogP) is 5.18. The number of nitrogens with zero attached hydrogens (tertiary/aromatic N) is 4. The van der Waals surface area contributed by atoms with Gasteiger partial charge in [-0.1, -0.05) is 65.7 Å². The molecule has 0 unspecified atom stereocenters. The van der Waals surface area contributed by atoms with Gasteiger partial charge < -0.3 is 26.0 Å². The zero-order valence-corrected chi connectivity index (χ0v) is 28.4. The predicted molar refractivity (Wildman–Crippen MR) is 189 cm³/mol. The molecule has 5 aromatic rings. The van der Waals surface area contributed by atoms with E-state index in [0.29, 0.717) is 77.7 Å². The first-order valence-electron chi connectivity index (χ1n) is 16.3. The molecule has 2 aliphatic heterocycles. The summed E-state index contributed by atoms with van der Waals surface area (Å²) in [5.74, 6) is 1.22. The number of halogens is 2. The second kappa shape index (κ2) is 14.5. The lowest BCUT2D eigenvalue weighted by atomic mass is 9.99. The number of nitrogens with one attached hydrogen (secondary N) is 4. The van der Waals surface area contributed by atoms with Crippen molar-refractivity contribution in [3.8, 4) is 39.7 Å².